The van der Waals surface area contributed by atoms with Crippen molar-refractivity contribution in [1.29, 1.82) is 0 Å². The zero-order valence-electron chi connectivity index (χ0n) is 10.8. The lowest BCUT2D eigenvalue weighted by Crippen LogP contribution is -2.47. The number of carbonyl (C=O) groups is 2. The number of carboxylic acid groups (broad SMARTS) is 1. The highest BCUT2D eigenvalue weighted by Crippen LogP contribution is 2.18. The lowest BCUT2D eigenvalue weighted by atomic mass is 10.0. The molecule has 1 heterocycles. The molecule has 1 saturated heterocycles. The van der Waals surface area contributed by atoms with Gasteiger partial charge < -0.3 is 10.4 Å². The van der Waals surface area contributed by atoms with Crippen LogP contribution in [0.5, 0.6) is 0 Å². The summed E-state index contributed by atoms with van der Waals surface area (Å²) in [7, 11) is -2.24. The third-order valence-electron chi connectivity index (χ3n) is 2.99. The number of carbonyl (C=O) groups excluding carboxylic acids is 1. The third kappa shape index (κ3) is 4.77. The Bertz CT molecular complexity index is 436. The smallest absolute Gasteiger partial charge is 0.307 e. The van der Waals surface area contributed by atoms with Crippen LogP contribution in [0.2, 0.25) is 0 Å². The standard InChI is InChI=1S/C10H19N3O5S/c1-11-9(14)4-5-12-19(17,18)13-6-2-3-8(7-13)10(15)16/h8,12H,2-7H2,1H3,(H,11,14)(H,15,16). The van der Waals surface area contributed by atoms with Gasteiger partial charge in [-0.2, -0.15) is 12.7 Å². The van der Waals surface area contributed by atoms with Crippen LogP contribution < -0.4 is 10.0 Å². The molecule has 0 aromatic carbocycles. The second kappa shape index (κ2) is 6.83. The summed E-state index contributed by atoms with van der Waals surface area (Å²) in [5.74, 6) is -1.90. The van der Waals surface area contributed by atoms with E-state index in [4.69, 9.17) is 5.11 Å². The first-order chi connectivity index (χ1) is 8.86. The van der Waals surface area contributed by atoms with Crippen molar-refractivity contribution < 1.29 is 23.1 Å². The number of rotatable bonds is 6. The van der Waals surface area contributed by atoms with Crippen molar-refractivity contribution in [2.45, 2.75) is 19.3 Å². The molecule has 0 aliphatic carbocycles. The number of hydrogen-bond donors (Lipinski definition) is 3. The van der Waals surface area contributed by atoms with Crippen LogP contribution in [0.1, 0.15) is 19.3 Å². The molecule has 1 fully saturated rings. The van der Waals surface area contributed by atoms with Crippen LogP contribution in [-0.2, 0) is 19.8 Å². The Kier molecular flexibility index (Phi) is 5.70. The fourth-order valence-electron chi connectivity index (χ4n) is 1.87. The maximum Gasteiger partial charge on any atom is 0.307 e. The number of nitrogens with one attached hydrogen (secondary N) is 2. The normalized spacial score (nSPS) is 21.0. The number of carboxylic acids is 1. The van der Waals surface area contributed by atoms with Gasteiger partial charge in [-0.1, -0.05) is 0 Å². The minimum absolute atomic E-state index is 0.00373. The second-order valence-electron chi connectivity index (χ2n) is 4.36. The molecule has 0 aromatic rings. The number of piperidine rings is 1. The van der Waals surface area contributed by atoms with Crippen LogP contribution in [-0.4, -0.2) is 56.4 Å². The van der Waals surface area contributed by atoms with Crippen molar-refractivity contribution in [3.8, 4) is 0 Å². The predicted octanol–water partition coefficient (Wildman–Crippen LogP) is -1.25. The van der Waals surface area contributed by atoms with E-state index in [9.17, 15) is 18.0 Å². The zero-order valence-corrected chi connectivity index (χ0v) is 11.6. The summed E-state index contributed by atoms with van der Waals surface area (Å²) < 4.78 is 27.2. The molecule has 19 heavy (non-hydrogen) atoms. The molecular weight excluding hydrogens is 274 g/mol. The Labute approximate surface area is 112 Å². The molecule has 1 aliphatic rings. The molecule has 1 rings (SSSR count). The first-order valence-electron chi connectivity index (χ1n) is 6.05. The van der Waals surface area contributed by atoms with Gasteiger partial charge in [0, 0.05) is 33.1 Å². The maximum absolute atomic E-state index is 11.9. The van der Waals surface area contributed by atoms with Crippen LogP contribution in [0.4, 0.5) is 0 Å². The quantitative estimate of drug-likeness (QED) is 0.566. The molecule has 1 aliphatic heterocycles. The average molecular weight is 293 g/mol. The second-order valence-corrected chi connectivity index (χ2v) is 6.11. The van der Waals surface area contributed by atoms with Crippen LogP contribution >= 0.6 is 0 Å². The Morgan fingerprint density at radius 3 is 2.68 bits per heavy atom. The minimum atomic E-state index is -3.71. The molecule has 3 N–H and O–H groups in total. The highest BCUT2D eigenvalue weighted by atomic mass is 32.2. The molecular formula is C10H19N3O5S. The molecule has 9 heteroatoms. The monoisotopic (exact) mass is 293 g/mol. The summed E-state index contributed by atoms with van der Waals surface area (Å²) >= 11 is 0. The van der Waals surface area contributed by atoms with E-state index in [1.807, 2.05) is 0 Å². The van der Waals surface area contributed by atoms with Crippen molar-refractivity contribution in [3.63, 3.8) is 0 Å². The summed E-state index contributed by atoms with van der Waals surface area (Å²) in [6.07, 6.45) is 1.05. The predicted molar refractivity (Wildman–Crippen MR) is 67.5 cm³/mol. The molecule has 0 spiro atoms. The van der Waals surface area contributed by atoms with Crippen LogP contribution in [0.15, 0.2) is 0 Å². The molecule has 1 amide bonds. The van der Waals surface area contributed by atoms with Gasteiger partial charge in [-0.3, -0.25) is 9.59 Å². The van der Waals surface area contributed by atoms with Gasteiger partial charge in [0.2, 0.25) is 5.91 Å². The van der Waals surface area contributed by atoms with Gasteiger partial charge in [0.05, 0.1) is 5.92 Å². The number of amides is 1. The lowest BCUT2D eigenvalue weighted by Gasteiger charge is -2.29. The third-order valence-corrected chi connectivity index (χ3v) is 4.57. The van der Waals surface area contributed by atoms with E-state index in [1.54, 1.807) is 0 Å². The first-order valence-corrected chi connectivity index (χ1v) is 7.49. The van der Waals surface area contributed by atoms with Crippen LogP contribution in [0.25, 0.3) is 0 Å². The Balaban J connectivity index is 2.52. The molecule has 0 bridgehead atoms. The highest BCUT2D eigenvalue weighted by molar-refractivity contribution is 7.87. The van der Waals surface area contributed by atoms with Gasteiger partial charge in [0.1, 0.15) is 0 Å². The molecule has 0 saturated carbocycles. The zero-order chi connectivity index (χ0) is 14.5. The van der Waals surface area contributed by atoms with Gasteiger partial charge in [-0.05, 0) is 12.8 Å². The van der Waals surface area contributed by atoms with Crippen LogP contribution in [0.3, 0.4) is 0 Å². The molecule has 0 aromatic heterocycles. The molecule has 1 unspecified atom stereocenters. The number of hydrogen-bond acceptors (Lipinski definition) is 4. The Morgan fingerprint density at radius 1 is 1.42 bits per heavy atom. The van der Waals surface area contributed by atoms with Gasteiger partial charge in [-0.25, -0.2) is 4.72 Å². The van der Waals surface area contributed by atoms with Crippen molar-refractivity contribution in [2.75, 3.05) is 26.7 Å². The fraction of sp³-hybridized carbons (Fsp3) is 0.800. The van der Waals surface area contributed by atoms with Gasteiger partial charge >= 0.3 is 5.97 Å². The van der Waals surface area contributed by atoms with E-state index in [0.29, 0.717) is 19.4 Å². The number of aliphatic carboxylic acids is 1. The van der Waals surface area contributed by atoms with Crippen molar-refractivity contribution in [3.05, 3.63) is 0 Å². The SMILES string of the molecule is CNC(=O)CCNS(=O)(=O)N1CCCC(C(=O)O)C1. The molecule has 110 valence electrons. The summed E-state index contributed by atoms with van der Waals surface area (Å²) in [4.78, 5) is 21.9. The van der Waals surface area contributed by atoms with E-state index in [-0.39, 0.29) is 25.4 Å². The van der Waals surface area contributed by atoms with E-state index < -0.39 is 22.1 Å². The summed E-state index contributed by atoms with van der Waals surface area (Å²) in [5.41, 5.74) is 0. The van der Waals surface area contributed by atoms with Crippen molar-refractivity contribution in [1.82, 2.24) is 14.3 Å². The van der Waals surface area contributed by atoms with E-state index in [1.165, 1.54) is 7.05 Å². The summed E-state index contributed by atoms with van der Waals surface area (Å²) in [6, 6.07) is 0. The van der Waals surface area contributed by atoms with E-state index in [2.05, 4.69) is 10.0 Å². The molecule has 8 nitrogen and oxygen atoms in total. The van der Waals surface area contributed by atoms with Gasteiger partial charge in [-0.15, -0.1) is 0 Å². The van der Waals surface area contributed by atoms with E-state index in [0.717, 1.165) is 4.31 Å². The van der Waals surface area contributed by atoms with E-state index >= 15 is 0 Å². The number of nitrogens with zero attached hydrogens (tertiary/aromatic N) is 1. The van der Waals surface area contributed by atoms with Crippen molar-refractivity contribution in [2.24, 2.45) is 5.92 Å². The Hall–Kier alpha value is -1.19. The largest absolute Gasteiger partial charge is 0.481 e. The molecule has 0 radical (unpaired) electrons. The van der Waals surface area contributed by atoms with Crippen molar-refractivity contribution >= 4 is 22.1 Å². The molecule has 1 atom stereocenters. The van der Waals surface area contributed by atoms with Gasteiger partial charge in [0.15, 0.2) is 0 Å². The highest BCUT2D eigenvalue weighted by Gasteiger charge is 2.31. The fourth-order valence-corrected chi connectivity index (χ4v) is 3.16. The van der Waals surface area contributed by atoms with Crippen LogP contribution in [0, 0.1) is 5.92 Å². The van der Waals surface area contributed by atoms with Gasteiger partial charge in [0.25, 0.3) is 10.2 Å². The summed E-state index contributed by atoms with van der Waals surface area (Å²) in [6.45, 7) is 0.278. The Morgan fingerprint density at radius 2 is 2.11 bits per heavy atom. The minimum Gasteiger partial charge on any atom is -0.481 e. The maximum atomic E-state index is 11.9. The first kappa shape index (κ1) is 15.9. The average Bonchev–Trinajstić information content (AvgIpc) is 2.38. The lowest BCUT2D eigenvalue weighted by molar-refractivity contribution is -0.142. The summed E-state index contributed by atoms with van der Waals surface area (Å²) in [5, 5.41) is 11.3. The topological polar surface area (TPSA) is 116 Å².